The quantitative estimate of drug-likeness (QED) is 0.539. The standard InChI is InChI=1S/C26H30N4O3/c1-2-32-24-18-21(19-29-14-16-30(17-15-29)25-10-6-7-13-27-25)11-12-23(24)33-20-26(31)28-22-8-4-3-5-9-22/h3-13,18H,2,14-17,19-20H2,1H3,(H,28,31). The van der Waals surface area contributed by atoms with Crippen LogP contribution in [0.2, 0.25) is 0 Å². The third-order valence-corrected chi connectivity index (χ3v) is 5.48. The number of piperazine rings is 1. The summed E-state index contributed by atoms with van der Waals surface area (Å²) in [6.07, 6.45) is 1.84. The number of hydrogen-bond donors (Lipinski definition) is 1. The van der Waals surface area contributed by atoms with Crippen molar-refractivity contribution in [3.8, 4) is 11.5 Å². The average molecular weight is 447 g/mol. The zero-order valence-electron chi connectivity index (χ0n) is 18.9. The minimum absolute atomic E-state index is 0.0796. The van der Waals surface area contributed by atoms with Crippen molar-refractivity contribution in [2.45, 2.75) is 13.5 Å². The van der Waals surface area contributed by atoms with Crippen LogP contribution in [0.5, 0.6) is 11.5 Å². The molecule has 1 saturated heterocycles. The Kier molecular flexibility index (Phi) is 7.76. The van der Waals surface area contributed by atoms with E-state index in [1.54, 1.807) is 0 Å². The molecule has 1 aromatic heterocycles. The van der Waals surface area contributed by atoms with Crippen molar-refractivity contribution in [1.29, 1.82) is 0 Å². The molecule has 0 bridgehead atoms. The summed E-state index contributed by atoms with van der Waals surface area (Å²) in [6.45, 7) is 7.07. The molecule has 7 nitrogen and oxygen atoms in total. The number of nitrogens with zero attached hydrogens (tertiary/aromatic N) is 3. The molecule has 0 spiro atoms. The number of carbonyl (C=O) groups is 1. The molecule has 1 amide bonds. The van der Waals surface area contributed by atoms with E-state index in [1.165, 1.54) is 0 Å². The molecule has 4 rings (SSSR count). The topological polar surface area (TPSA) is 66.9 Å². The fraction of sp³-hybridized carbons (Fsp3) is 0.308. The van der Waals surface area contributed by atoms with E-state index in [0.29, 0.717) is 18.1 Å². The maximum atomic E-state index is 12.2. The highest BCUT2D eigenvalue weighted by molar-refractivity contribution is 5.91. The number of carbonyl (C=O) groups excluding carboxylic acids is 1. The fourth-order valence-electron chi connectivity index (χ4n) is 3.83. The Bertz CT molecular complexity index is 1020. The van der Waals surface area contributed by atoms with E-state index in [4.69, 9.17) is 9.47 Å². The van der Waals surface area contributed by atoms with Gasteiger partial charge in [0.15, 0.2) is 18.1 Å². The lowest BCUT2D eigenvalue weighted by Crippen LogP contribution is -2.46. The molecule has 0 saturated carbocycles. The molecular weight excluding hydrogens is 416 g/mol. The summed E-state index contributed by atoms with van der Waals surface area (Å²) >= 11 is 0. The lowest BCUT2D eigenvalue weighted by atomic mass is 10.1. The number of nitrogens with one attached hydrogen (secondary N) is 1. The summed E-state index contributed by atoms with van der Waals surface area (Å²) in [7, 11) is 0. The van der Waals surface area contributed by atoms with Gasteiger partial charge in [-0.25, -0.2) is 4.98 Å². The van der Waals surface area contributed by atoms with Gasteiger partial charge in [-0.3, -0.25) is 9.69 Å². The molecule has 2 aromatic carbocycles. The van der Waals surface area contributed by atoms with Crippen LogP contribution in [0.15, 0.2) is 72.9 Å². The van der Waals surface area contributed by atoms with Gasteiger partial charge >= 0.3 is 0 Å². The van der Waals surface area contributed by atoms with E-state index in [1.807, 2.05) is 73.8 Å². The second-order valence-corrected chi connectivity index (χ2v) is 7.87. The van der Waals surface area contributed by atoms with Crippen LogP contribution in [-0.4, -0.2) is 55.2 Å². The number of benzene rings is 2. The van der Waals surface area contributed by atoms with Crippen molar-refractivity contribution in [3.05, 3.63) is 78.5 Å². The number of aromatic nitrogens is 1. The number of rotatable bonds is 9. The van der Waals surface area contributed by atoms with Crippen molar-refractivity contribution in [2.24, 2.45) is 0 Å². The Morgan fingerprint density at radius 2 is 1.73 bits per heavy atom. The second kappa shape index (κ2) is 11.3. The summed E-state index contributed by atoms with van der Waals surface area (Å²) in [4.78, 5) is 21.4. The summed E-state index contributed by atoms with van der Waals surface area (Å²) < 4.78 is 11.6. The molecule has 2 heterocycles. The molecular formula is C26H30N4O3. The molecule has 1 aliphatic rings. The normalized spacial score (nSPS) is 14.0. The second-order valence-electron chi connectivity index (χ2n) is 7.87. The summed E-state index contributed by atoms with van der Waals surface area (Å²) in [6, 6.07) is 21.3. The smallest absolute Gasteiger partial charge is 0.262 e. The van der Waals surface area contributed by atoms with Gasteiger partial charge in [0.25, 0.3) is 5.91 Å². The lowest BCUT2D eigenvalue weighted by molar-refractivity contribution is -0.118. The maximum absolute atomic E-state index is 12.2. The molecule has 172 valence electrons. The van der Waals surface area contributed by atoms with Crippen LogP contribution >= 0.6 is 0 Å². The van der Waals surface area contributed by atoms with E-state index in [-0.39, 0.29) is 12.5 Å². The SMILES string of the molecule is CCOc1cc(CN2CCN(c3ccccn3)CC2)ccc1OCC(=O)Nc1ccccc1. The third-order valence-electron chi connectivity index (χ3n) is 5.48. The van der Waals surface area contributed by atoms with Crippen LogP contribution in [0.4, 0.5) is 11.5 Å². The van der Waals surface area contributed by atoms with Crippen molar-refractivity contribution < 1.29 is 14.3 Å². The van der Waals surface area contributed by atoms with Crippen LogP contribution in [-0.2, 0) is 11.3 Å². The van der Waals surface area contributed by atoms with E-state index in [9.17, 15) is 4.79 Å². The van der Waals surface area contributed by atoms with Gasteiger partial charge in [-0.05, 0) is 48.9 Å². The predicted molar refractivity (Wildman–Crippen MR) is 130 cm³/mol. The molecule has 1 aliphatic heterocycles. The van der Waals surface area contributed by atoms with Crippen molar-refractivity contribution in [3.63, 3.8) is 0 Å². The Hall–Kier alpha value is -3.58. The highest BCUT2D eigenvalue weighted by Crippen LogP contribution is 2.29. The van der Waals surface area contributed by atoms with Gasteiger partial charge in [0.1, 0.15) is 5.82 Å². The molecule has 0 atom stereocenters. The van der Waals surface area contributed by atoms with Gasteiger partial charge in [0, 0.05) is 44.6 Å². The first kappa shape index (κ1) is 22.6. The van der Waals surface area contributed by atoms with Gasteiger partial charge in [-0.1, -0.05) is 30.3 Å². The number of pyridine rings is 1. The molecule has 1 fully saturated rings. The van der Waals surface area contributed by atoms with E-state index in [0.717, 1.165) is 49.8 Å². The number of anilines is 2. The van der Waals surface area contributed by atoms with Gasteiger partial charge < -0.3 is 19.7 Å². The Morgan fingerprint density at radius 3 is 2.45 bits per heavy atom. The lowest BCUT2D eigenvalue weighted by Gasteiger charge is -2.35. The first-order chi connectivity index (χ1) is 16.2. The number of para-hydroxylation sites is 1. The zero-order chi connectivity index (χ0) is 22.9. The first-order valence-corrected chi connectivity index (χ1v) is 11.3. The molecule has 3 aromatic rings. The average Bonchev–Trinajstić information content (AvgIpc) is 2.85. The van der Waals surface area contributed by atoms with Crippen molar-refractivity contribution in [1.82, 2.24) is 9.88 Å². The first-order valence-electron chi connectivity index (χ1n) is 11.3. The number of amides is 1. The van der Waals surface area contributed by atoms with Gasteiger partial charge in [0.2, 0.25) is 0 Å². The highest BCUT2D eigenvalue weighted by atomic mass is 16.5. The zero-order valence-corrected chi connectivity index (χ0v) is 18.9. The maximum Gasteiger partial charge on any atom is 0.262 e. The largest absolute Gasteiger partial charge is 0.490 e. The van der Waals surface area contributed by atoms with Crippen LogP contribution in [0, 0.1) is 0 Å². The number of hydrogen-bond acceptors (Lipinski definition) is 6. The predicted octanol–water partition coefficient (Wildman–Crippen LogP) is 3.82. The van der Waals surface area contributed by atoms with Crippen molar-refractivity contribution >= 4 is 17.4 Å². The van der Waals surface area contributed by atoms with Gasteiger partial charge in [-0.2, -0.15) is 0 Å². The Labute approximate surface area is 195 Å². The van der Waals surface area contributed by atoms with Gasteiger partial charge in [-0.15, -0.1) is 0 Å². The summed E-state index contributed by atoms with van der Waals surface area (Å²) in [5.74, 6) is 2.06. The summed E-state index contributed by atoms with van der Waals surface area (Å²) in [5.41, 5.74) is 1.90. The van der Waals surface area contributed by atoms with Gasteiger partial charge in [0.05, 0.1) is 6.61 Å². The molecule has 33 heavy (non-hydrogen) atoms. The minimum Gasteiger partial charge on any atom is -0.490 e. The molecule has 0 radical (unpaired) electrons. The molecule has 1 N–H and O–H groups in total. The van der Waals surface area contributed by atoms with E-state index < -0.39 is 0 Å². The van der Waals surface area contributed by atoms with Crippen LogP contribution in [0.3, 0.4) is 0 Å². The monoisotopic (exact) mass is 446 g/mol. The van der Waals surface area contributed by atoms with Crippen LogP contribution < -0.4 is 19.7 Å². The Morgan fingerprint density at radius 1 is 0.939 bits per heavy atom. The van der Waals surface area contributed by atoms with E-state index >= 15 is 0 Å². The van der Waals surface area contributed by atoms with Crippen LogP contribution in [0.1, 0.15) is 12.5 Å². The summed E-state index contributed by atoms with van der Waals surface area (Å²) in [5, 5.41) is 2.82. The molecule has 7 heteroatoms. The third kappa shape index (κ3) is 6.46. The molecule has 0 aliphatic carbocycles. The fourth-order valence-corrected chi connectivity index (χ4v) is 3.83. The minimum atomic E-state index is -0.210. The number of ether oxygens (including phenoxy) is 2. The molecule has 0 unspecified atom stereocenters. The highest BCUT2D eigenvalue weighted by Gasteiger charge is 2.18. The van der Waals surface area contributed by atoms with Crippen LogP contribution in [0.25, 0.3) is 0 Å². The van der Waals surface area contributed by atoms with E-state index in [2.05, 4.69) is 26.2 Å². The van der Waals surface area contributed by atoms with Crippen molar-refractivity contribution in [2.75, 3.05) is 49.6 Å². The Balaban J connectivity index is 1.31.